The molecule has 0 saturated heterocycles. The number of halogens is 1. The van der Waals surface area contributed by atoms with E-state index >= 15 is 0 Å². The third-order valence-corrected chi connectivity index (χ3v) is 3.37. The fourth-order valence-corrected chi connectivity index (χ4v) is 2.52. The van der Waals surface area contributed by atoms with Gasteiger partial charge in [0.1, 0.15) is 0 Å². The highest BCUT2D eigenvalue weighted by atomic mass is 35.5. The van der Waals surface area contributed by atoms with Gasteiger partial charge in [-0.3, -0.25) is 4.98 Å². The van der Waals surface area contributed by atoms with Crippen LogP contribution in [-0.4, -0.2) is 4.98 Å². The summed E-state index contributed by atoms with van der Waals surface area (Å²) in [6.07, 6.45) is 2.55. The lowest BCUT2D eigenvalue weighted by molar-refractivity contribution is 0.704. The Bertz CT molecular complexity index is 427. The van der Waals surface area contributed by atoms with Crippen molar-refractivity contribution in [3.05, 3.63) is 51.4 Å². The number of nitrogens with two attached hydrogens (primary N) is 1. The van der Waals surface area contributed by atoms with E-state index in [-0.39, 0.29) is 6.04 Å². The highest BCUT2D eigenvalue weighted by molar-refractivity contribution is 7.16. The van der Waals surface area contributed by atoms with Crippen molar-refractivity contribution in [3.63, 3.8) is 0 Å². The lowest BCUT2D eigenvalue weighted by atomic mass is 10.1. The molecule has 2 nitrogen and oxygen atoms in total. The smallest absolute Gasteiger partial charge is 0.0931 e. The Labute approximate surface area is 97.7 Å². The van der Waals surface area contributed by atoms with E-state index in [1.54, 1.807) is 17.5 Å². The van der Waals surface area contributed by atoms with E-state index in [1.807, 2.05) is 30.3 Å². The van der Waals surface area contributed by atoms with Crippen molar-refractivity contribution in [1.29, 1.82) is 0 Å². The summed E-state index contributed by atoms with van der Waals surface area (Å²) in [4.78, 5) is 5.42. The third-order valence-electron chi connectivity index (χ3n) is 2.12. The molecule has 2 aromatic heterocycles. The standard InChI is InChI=1S/C11H11ClN2S/c12-11-5-4-8(15-11)7-9(13)10-3-1-2-6-14-10/h1-6,9H,7,13H2. The zero-order valence-electron chi connectivity index (χ0n) is 8.06. The van der Waals surface area contributed by atoms with Crippen LogP contribution in [0.4, 0.5) is 0 Å². The predicted octanol–water partition coefficient (Wildman–Crippen LogP) is 3.04. The minimum Gasteiger partial charge on any atom is -0.322 e. The van der Waals surface area contributed by atoms with Gasteiger partial charge < -0.3 is 5.73 Å². The second-order valence-corrected chi connectivity index (χ2v) is 5.07. The quantitative estimate of drug-likeness (QED) is 0.893. The summed E-state index contributed by atoms with van der Waals surface area (Å²) >= 11 is 7.42. The van der Waals surface area contributed by atoms with E-state index in [2.05, 4.69) is 4.98 Å². The Morgan fingerprint density at radius 2 is 2.20 bits per heavy atom. The van der Waals surface area contributed by atoms with Crippen LogP contribution in [0.3, 0.4) is 0 Å². The molecule has 0 aliphatic rings. The molecule has 0 radical (unpaired) electrons. The van der Waals surface area contributed by atoms with Gasteiger partial charge in [-0.2, -0.15) is 0 Å². The molecule has 0 saturated carbocycles. The molecule has 1 atom stereocenters. The fourth-order valence-electron chi connectivity index (χ4n) is 1.38. The minimum absolute atomic E-state index is 0.0547. The molecule has 0 fully saturated rings. The summed E-state index contributed by atoms with van der Waals surface area (Å²) in [7, 11) is 0. The van der Waals surface area contributed by atoms with Gasteiger partial charge in [-0.15, -0.1) is 11.3 Å². The first-order valence-electron chi connectivity index (χ1n) is 4.66. The van der Waals surface area contributed by atoms with Crippen molar-refractivity contribution in [2.45, 2.75) is 12.5 Å². The van der Waals surface area contributed by atoms with Crippen molar-refractivity contribution in [1.82, 2.24) is 4.98 Å². The van der Waals surface area contributed by atoms with E-state index < -0.39 is 0 Å². The Morgan fingerprint density at radius 1 is 1.33 bits per heavy atom. The normalized spacial score (nSPS) is 12.7. The Morgan fingerprint density at radius 3 is 2.80 bits per heavy atom. The van der Waals surface area contributed by atoms with E-state index in [0.29, 0.717) is 0 Å². The molecular formula is C11H11ClN2S. The van der Waals surface area contributed by atoms with Crippen LogP contribution in [0.2, 0.25) is 4.34 Å². The third kappa shape index (κ3) is 2.78. The molecule has 0 aliphatic heterocycles. The summed E-state index contributed by atoms with van der Waals surface area (Å²) in [5, 5.41) is 0. The maximum Gasteiger partial charge on any atom is 0.0931 e. The number of aromatic nitrogens is 1. The summed E-state index contributed by atoms with van der Waals surface area (Å²) in [6.45, 7) is 0. The van der Waals surface area contributed by atoms with Gasteiger partial charge in [0.25, 0.3) is 0 Å². The SMILES string of the molecule is NC(Cc1ccc(Cl)s1)c1ccccn1. The lowest BCUT2D eigenvalue weighted by Crippen LogP contribution is -2.13. The van der Waals surface area contributed by atoms with Gasteiger partial charge in [0, 0.05) is 17.5 Å². The van der Waals surface area contributed by atoms with E-state index in [9.17, 15) is 0 Å². The van der Waals surface area contributed by atoms with Crippen LogP contribution in [0.15, 0.2) is 36.5 Å². The number of hydrogen-bond acceptors (Lipinski definition) is 3. The molecule has 0 amide bonds. The second kappa shape index (κ2) is 4.75. The highest BCUT2D eigenvalue weighted by Gasteiger charge is 2.09. The summed E-state index contributed by atoms with van der Waals surface area (Å²) in [6, 6.07) is 9.63. The summed E-state index contributed by atoms with van der Waals surface area (Å²) in [5.41, 5.74) is 6.96. The fraction of sp³-hybridized carbons (Fsp3) is 0.182. The molecule has 2 N–H and O–H groups in total. The molecule has 1 unspecified atom stereocenters. The van der Waals surface area contributed by atoms with Crippen LogP contribution in [0, 0.1) is 0 Å². The predicted molar refractivity (Wildman–Crippen MR) is 64.2 cm³/mol. The van der Waals surface area contributed by atoms with Crippen LogP contribution >= 0.6 is 22.9 Å². The summed E-state index contributed by atoms with van der Waals surface area (Å²) in [5.74, 6) is 0. The molecule has 2 heterocycles. The molecule has 0 aromatic carbocycles. The van der Waals surface area contributed by atoms with Crippen LogP contribution < -0.4 is 5.73 Å². The van der Waals surface area contributed by atoms with E-state index in [4.69, 9.17) is 17.3 Å². The number of pyridine rings is 1. The first-order valence-corrected chi connectivity index (χ1v) is 5.86. The second-order valence-electron chi connectivity index (χ2n) is 3.27. The van der Waals surface area contributed by atoms with Crippen molar-refractivity contribution in [3.8, 4) is 0 Å². The number of thiophene rings is 1. The number of rotatable bonds is 3. The van der Waals surface area contributed by atoms with Gasteiger partial charge in [-0.25, -0.2) is 0 Å². The van der Waals surface area contributed by atoms with E-state index in [1.165, 1.54) is 4.88 Å². The first kappa shape index (κ1) is 10.6. The topological polar surface area (TPSA) is 38.9 Å². The monoisotopic (exact) mass is 238 g/mol. The Kier molecular flexibility index (Phi) is 3.36. The van der Waals surface area contributed by atoms with Gasteiger partial charge in [-0.05, 0) is 24.3 Å². The maximum atomic E-state index is 6.04. The zero-order chi connectivity index (χ0) is 10.7. The van der Waals surface area contributed by atoms with Crippen LogP contribution in [-0.2, 0) is 6.42 Å². The molecular weight excluding hydrogens is 228 g/mol. The van der Waals surface area contributed by atoms with Gasteiger partial charge in [-0.1, -0.05) is 17.7 Å². The van der Waals surface area contributed by atoms with Crippen LogP contribution in [0.1, 0.15) is 16.6 Å². The molecule has 2 rings (SSSR count). The molecule has 78 valence electrons. The van der Waals surface area contributed by atoms with Gasteiger partial charge in [0.15, 0.2) is 0 Å². The molecule has 4 heteroatoms. The molecule has 0 bridgehead atoms. The molecule has 2 aromatic rings. The number of hydrogen-bond donors (Lipinski definition) is 1. The van der Waals surface area contributed by atoms with Crippen molar-refractivity contribution in [2.24, 2.45) is 5.73 Å². The van der Waals surface area contributed by atoms with Crippen molar-refractivity contribution < 1.29 is 0 Å². The summed E-state index contributed by atoms with van der Waals surface area (Å²) < 4.78 is 0.804. The first-order chi connectivity index (χ1) is 7.25. The minimum atomic E-state index is -0.0547. The average molecular weight is 239 g/mol. The van der Waals surface area contributed by atoms with Crippen LogP contribution in [0.25, 0.3) is 0 Å². The van der Waals surface area contributed by atoms with Crippen LogP contribution in [0.5, 0.6) is 0 Å². The highest BCUT2D eigenvalue weighted by Crippen LogP contribution is 2.24. The largest absolute Gasteiger partial charge is 0.322 e. The van der Waals surface area contributed by atoms with Crippen molar-refractivity contribution in [2.75, 3.05) is 0 Å². The van der Waals surface area contributed by atoms with E-state index in [0.717, 1.165) is 16.5 Å². The van der Waals surface area contributed by atoms with Crippen molar-refractivity contribution >= 4 is 22.9 Å². The van der Waals surface area contributed by atoms with Gasteiger partial charge >= 0.3 is 0 Å². The zero-order valence-corrected chi connectivity index (χ0v) is 9.63. The Hall–Kier alpha value is -0.900. The van der Waals surface area contributed by atoms with Gasteiger partial charge in [0.2, 0.25) is 0 Å². The molecule has 15 heavy (non-hydrogen) atoms. The average Bonchev–Trinajstić information content (AvgIpc) is 2.65. The maximum absolute atomic E-state index is 6.04. The molecule has 0 aliphatic carbocycles. The lowest BCUT2D eigenvalue weighted by Gasteiger charge is -2.08. The Balaban J connectivity index is 2.07. The van der Waals surface area contributed by atoms with Gasteiger partial charge in [0.05, 0.1) is 16.1 Å². The number of nitrogens with zero attached hydrogens (tertiary/aromatic N) is 1. The molecule has 0 spiro atoms.